The molecule has 1 atom stereocenters. The molecule has 7 heteroatoms. The van der Waals surface area contributed by atoms with Crippen LogP contribution in [0, 0.1) is 6.92 Å². The average Bonchev–Trinajstić information content (AvgIpc) is 2.81. The molecule has 0 radical (unpaired) electrons. The Morgan fingerprint density at radius 1 is 1.43 bits per heavy atom. The standard InChI is InChI=1S/C14H15N3O3S/c1-9-3-5-10(6-4-9)8-15-17-14-16-13(19)11(21-14)7-12(18)20-2/h3-8,14,17H,1-2H3,(H,16,19)/b11-7+,15-8+. The number of benzene rings is 1. The van der Waals surface area contributed by atoms with E-state index in [1.165, 1.54) is 24.4 Å². The van der Waals surface area contributed by atoms with Crippen molar-refractivity contribution >= 4 is 29.9 Å². The highest BCUT2D eigenvalue weighted by Gasteiger charge is 2.27. The Bertz CT molecular complexity index is 596. The molecular weight excluding hydrogens is 290 g/mol. The summed E-state index contributed by atoms with van der Waals surface area (Å²) in [7, 11) is 1.26. The smallest absolute Gasteiger partial charge is 0.331 e. The minimum atomic E-state index is -0.559. The predicted molar refractivity (Wildman–Crippen MR) is 81.5 cm³/mol. The van der Waals surface area contributed by atoms with Gasteiger partial charge in [0.1, 0.15) is 0 Å². The molecular formula is C14H15N3O3S. The van der Waals surface area contributed by atoms with Crippen LogP contribution in [0.2, 0.25) is 0 Å². The summed E-state index contributed by atoms with van der Waals surface area (Å²) < 4.78 is 4.49. The van der Waals surface area contributed by atoms with Crippen LogP contribution < -0.4 is 10.7 Å². The van der Waals surface area contributed by atoms with Crippen LogP contribution in [0.3, 0.4) is 0 Å². The number of hydrazone groups is 1. The lowest BCUT2D eigenvalue weighted by Gasteiger charge is -2.06. The molecule has 1 aromatic carbocycles. The topological polar surface area (TPSA) is 79.8 Å². The van der Waals surface area contributed by atoms with Gasteiger partial charge in [-0.3, -0.25) is 10.2 Å². The van der Waals surface area contributed by atoms with Crippen LogP contribution in [-0.2, 0) is 14.3 Å². The fourth-order valence-corrected chi connectivity index (χ4v) is 2.42. The van der Waals surface area contributed by atoms with Gasteiger partial charge in [0, 0.05) is 6.08 Å². The van der Waals surface area contributed by atoms with Gasteiger partial charge in [0.25, 0.3) is 5.91 Å². The van der Waals surface area contributed by atoms with Crippen molar-refractivity contribution in [2.75, 3.05) is 7.11 Å². The fraction of sp³-hybridized carbons (Fsp3) is 0.214. The first-order chi connectivity index (χ1) is 10.1. The van der Waals surface area contributed by atoms with E-state index in [2.05, 4.69) is 20.6 Å². The molecule has 1 heterocycles. The van der Waals surface area contributed by atoms with Crippen molar-refractivity contribution in [2.24, 2.45) is 5.10 Å². The van der Waals surface area contributed by atoms with E-state index in [0.29, 0.717) is 4.91 Å². The van der Waals surface area contributed by atoms with Crippen LogP contribution >= 0.6 is 11.8 Å². The molecule has 1 aromatic rings. The number of ether oxygens (including phenoxy) is 1. The van der Waals surface area contributed by atoms with Crippen molar-refractivity contribution in [3.63, 3.8) is 0 Å². The van der Waals surface area contributed by atoms with Crippen molar-refractivity contribution in [3.05, 3.63) is 46.4 Å². The van der Waals surface area contributed by atoms with Crippen LogP contribution in [0.5, 0.6) is 0 Å². The van der Waals surface area contributed by atoms with E-state index < -0.39 is 11.5 Å². The van der Waals surface area contributed by atoms with Gasteiger partial charge in [0.15, 0.2) is 5.50 Å². The second-order valence-electron chi connectivity index (χ2n) is 4.30. The Morgan fingerprint density at radius 2 is 2.14 bits per heavy atom. The second-order valence-corrected chi connectivity index (χ2v) is 5.45. The highest BCUT2D eigenvalue weighted by Crippen LogP contribution is 2.25. The van der Waals surface area contributed by atoms with Gasteiger partial charge in [0.05, 0.1) is 18.2 Å². The van der Waals surface area contributed by atoms with Gasteiger partial charge >= 0.3 is 5.97 Å². The first-order valence-electron chi connectivity index (χ1n) is 6.21. The number of esters is 1. The summed E-state index contributed by atoms with van der Waals surface area (Å²) in [6.45, 7) is 2.01. The van der Waals surface area contributed by atoms with E-state index in [9.17, 15) is 9.59 Å². The summed E-state index contributed by atoms with van der Waals surface area (Å²) in [5, 5.41) is 6.72. The molecule has 1 fully saturated rings. The maximum Gasteiger partial charge on any atom is 0.331 e. The van der Waals surface area contributed by atoms with Crippen molar-refractivity contribution in [1.82, 2.24) is 10.7 Å². The zero-order chi connectivity index (χ0) is 15.2. The summed E-state index contributed by atoms with van der Waals surface area (Å²) >= 11 is 1.17. The zero-order valence-electron chi connectivity index (χ0n) is 11.6. The number of amides is 1. The van der Waals surface area contributed by atoms with E-state index in [4.69, 9.17) is 0 Å². The van der Waals surface area contributed by atoms with Gasteiger partial charge in [-0.15, -0.1) is 0 Å². The lowest BCUT2D eigenvalue weighted by molar-refractivity contribution is -0.135. The first kappa shape index (κ1) is 15.1. The summed E-state index contributed by atoms with van der Waals surface area (Å²) in [4.78, 5) is 23.0. The monoisotopic (exact) mass is 305 g/mol. The number of rotatable bonds is 4. The minimum absolute atomic E-state index is 0.296. The molecule has 0 bridgehead atoms. The molecule has 2 rings (SSSR count). The summed E-state index contributed by atoms with van der Waals surface area (Å²) in [5.74, 6) is -0.884. The molecule has 1 amide bonds. The maximum atomic E-state index is 11.6. The van der Waals surface area contributed by atoms with E-state index in [-0.39, 0.29) is 5.91 Å². The predicted octanol–water partition coefficient (Wildman–Crippen LogP) is 1.12. The summed E-state index contributed by atoms with van der Waals surface area (Å²) in [5.41, 5.74) is 4.53. The maximum absolute atomic E-state index is 11.6. The number of nitrogens with one attached hydrogen (secondary N) is 2. The van der Waals surface area contributed by atoms with Crippen LogP contribution in [0.25, 0.3) is 0 Å². The molecule has 0 saturated carbocycles. The normalized spacial score (nSPS) is 19.8. The average molecular weight is 305 g/mol. The Hall–Kier alpha value is -2.28. The molecule has 2 N–H and O–H groups in total. The number of aryl methyl sites for hydroxylation is 1. The number of carbonyl (C=O) groups excluding carboxylic acids is 2. The Morgan fingerprint density at radius 3 is 2.81 bits per heavy atom. The SMILES string of the molecule is COC(=O)/C=C1/SC(N/N=C/c2ccc(C)cc2)NC1=O. The third-order valence-corrected chi connectivity index (χ3v) is 3.68. The first-order valence-corrected chi connectivity index (χ1v) is 7.09. The van der Waals surface area contributed by atoms with Gasteiger partial charge in [-0.1, -0.05) is 41.6 Å². The van der Waals surface area contributed by atoms with Crippen molar-refractivity contribution in [3.8, 4) is 0 Å². The fourth-order valence-electron chi connectivity index (χ4n) is 1.56. The molecule has 0 aliphatic carbocycles. The molecule has 0 aromatic heterocycles. The Labute approximate surface area is 126 Å². The van der Waals surface area contributed by atoms with Gasteiger partial charge < -0.3 is 10.1 Å². The van der Waals surface area contributed by atoms with E-state index in [1.807, 2.05) is 31.2 Å². The molecule has 110 valence electrons. The van der Waals surface area contributed by atoms with Crippen LogP contribution in [-0.4, -0.2) is 30.7 Å². The lowest BCUT2D eigenvalue weighted by Crippen LogP contribution is -2.34. The number of methoxy groups -OCH3 is 1. The number of hydrogen-bond acceptors (Lipinski definition) is 6. The number of thioether (sulfide) groups is 1. The number of hydrogen-bond donors (Lipinski definition) is 2. The van der Waals surface area contributed by atoms with Crippen molar-refractivity contribution in [1.29, 1.82) is 0 Å². The Balaban J connectivity index is 1.90. The molecule has 1 saturated heterocycles. The summed E-state index contributed by atoms with van der Waals surface area (Å²) in [6, 6.07) is 7.88. The van der Waals surface area contributed by atoms with Crippen LogP contribution in [0.15, 0.2) is 40.3 Å². The number of nitrogens with zero attached hydrogens (tertiary/aromatic N) is 1. The van der Waals surface area contributed by atoms with E-state index >= 15 is 0 Å². The van der Waals surface area contributed by atoms with Crippen LogP contribution in [0.4, 0.5) is 0 Å². The summed E-state index contributed by atoms with van der Waals surface area (Å²) in [6.07, 6.45) is 2.82. The molecule has 0 spiro atoms. The molecule has 21 heavy (non-hydrogen) atoms. The number of carbonyl (C=O) groups is 2. The minimum Gasteiger partial charge on any atom is -0.466 e. The molecule has 6 nitrogen and oxygen atoms in total. The van der Waals surface area contributed by atoms with Crippen molar-refractivity contribution in [2.45, 2.75) is 12.4 Å². The third kappa shape index (κ3) is 4.35. The highest BCUT2D eigenvalue weighted by atomic mass is 32.2. The van der Waals surface area contributed by atoms with E-state index in [0.717, 1.165) is 11.6 Å². The van der Waals surface area contributed by atoms with Gasteiger partial charge in [0.2, 0.25) is 0 Å². The van der Waals surface area contributed by atoms with Gasteiger partial charge in [-0.25, -0.2) is 4.79 Å². The zero-order valence-corrected chi connectivity index (χ0v) is 12.4. The van der Waals surface area contributed by atoms with Crippen LogP contribution in [0.1, 0.15) is 11.1 Å². The lowest BCUT2D eigenvalue weighted by atomic mass is 10.2. The molecule has 1 aliphatic heterocycles. The molecule has 1 unspecified atom stereocenters. The van der Waals surface area contributed by atoms with E-state index in [1.54, 1.807) is 6.21 Å². The second kappa shape index (κ2) is 6.94. The third-order valence-electron chi connectivity index (χ3n) is 2.66. The Kier molecular flexibility index (Phi) is 4.99. The highest BCUT2D eigenvalue weighted by molar-refractivity contribution is 8.05. The largest absolute Gasteiger partial charge is 0.466 e. The molecule has 1 aliphatic rings. The van der Waals surface area contributed by atoms with Crippen molar-refractivity contribution < 1.29 is 14.3 Å². The quantitative estimate of drug-likeness (QED) is 0.377. The van der Waals surface area contributed by atoms with Gasteiger partial charge in [-0.05, 0) is 12.5 Å². The van der Waals surface area contributed by atoms with Gasteiger partial charge in [-0.2, -0.15) is 5.10 Å².